The van der Waals surface area contributed by atoms with Crippen LogP contribution in [0.5, 0.6) is 0 Å². The van der Waals surface area contributed by atoms with Gasteiger partial charge in [-0.1, -0.05) is 50.0 Å². The molecule has 2 aromatic rings. The lowest BCUT2D eigenvalue weighted by atomic mass is 10.1. The molecule has 1 atom stereocenters. The van der Waals surface area contributed by atoms with Crippen molar-refractivity contribution in [3.8, 4) is 11.4 Å². The molecule has 0 N–H and O–H groups in total. The van der Waals surface area contributed by atoms with Gasteiger partial charge in [0.2, 0.25) is 11.7 Å². The second-order valence-electron chi connectivity index (χ2n) is 3.82. The van der Waals surface area contributed by atoms with E-state index in [0.717, 1.165) is 16.5 Å². The summed E-state index contributed by atoms with van der Waals surface area (Å²) in [6.45, 7) is 4.10. The molecule has 5 heteroatoms. The summed E-state index contributed by atoms with van der Waals surface area (Å²) in [4.78, 5) is 4.51. The van der Waals surface area contributed by atoms with Crippen LogP contribution < -0.4 is 0 Å². The van der Waals surface area contributed by atoms with E-state index in [2.05, 4.69) is 48.9 Å². The Bertz CT molecular complexity index is 525. The van der Waals surface area contributed by atoms with E-state index in [1.54, 1.807) is 0 Å². The van der Waals surface area contributed by atoms with Gasteiger partial charge in [0.25, 0.3) is 0 Å². The van der Waals surface area contributed by atoms with Crippen LogP contribution in [0.15, 0.2) is 27.2 Å². The third kappa shape index (κ3) is 2.77. The van der Waals surface area contributed by atoms with Crippen molar-refractivity contribution in [2.75, 3.05) is 0 Å². The van der Waals surface area contributed by atoms with E-state index in [0.29, 0.717) is 11.7 Å². The minimum Gasteiger partial charge on any atom is -0.338 e. The van der Waals surface area contributed by atoms with Crippen LogP contribution in [0.3, 0.4) is 0 Å². The highest BCUT2D eigenvalue weighted by atomic mass is 79.9. The van der Waals surface area contributed by atoms with Gasteiger partial charge in [0.1, 0.15) is 0 Å². The molecule has 0 fully saturated rings. The Kier molecular flexibility index (Phi) is 3.99. The summed E-state index contributed by atoms with van der Waals surface area (Å²) in [7, 11) is 0. The predicted molar refractivity (Wildman–Crippen MR) is 74.1 cm³/mol. The molecule has 0 spiro atoms. The van der Waals surface area contributed by atoms with Crippen LogP contribution in [0.4, 0.5) is 0 Å². The fourth-order valence-electron chi connectivity index (χ4n) is 1.45. The van der Waals surface area contributed by atoms with Gasteiger partial charge in [-0.2, -0.15) is 4.98 Å². The zero-order valence-electron chi connectivity index (χ0n) is 9.58. The van der Waals surface area contributed by atoms with Crippen LogP contribution in [0.25, 0.3) is 11.4 Å². The van der Waals surface area contributed by atoms with Crippen LogP contribution in [-0.2, 0) is 0 Å². The number of halogens is 2. The molecule has 3 nitrogen and oxygen atoms in total. The summed E-state index contributed by atoms with van der Waals surface area (Å²) in [6, 6.07) is 6.06. The highest BCUT2D eigenvalue weighted by Gasteiger charge is 2.16. The zero-order valence-corrected chi connectivity index (χ0v) is 12.7. The average Bonchev–Trinajstić information content (AvgIpc) is 2.77. The minimum absolute atomic E-state index is 0.118. The molecule has 0 saturated heterocycles. The number of hydrogen-bond acceptors (Lipinski definition) is 3. The number of rotatable bonds is 3. The molecule has 1 aromatic carbocycles. The lowest BCUT2D eigenvalue weighted by molar-refractivity contribution is 0.377. The van der Waals surface area contributed by atoms with Gasteiger partial charge in [-0.15, -0.1) is 0 Å². The molecule has 17 heavy (non-hydrogen) atoms. The third-order valence-electron chi connectivity index (χ3n) is 2.43. The van der Waals surface area contributed by atoms with Gasteiger partial charge in [0.15, 0.2) is 0 Å². The van der Waals surface area contributed by atoms with E-state index >= 15 is 0 Å². The molecule has 1 aromatic heterocycles. The Morgan fingerprint density at radius 3 is 2.82 bits per heavy atom. The van der Waals surface area contributed by atoms with E-state index in [9.17, 15) is 0 Å². The topological polar surface area (TPSA) is 38.9 Å². The monoisotopic (exact) mass is 358 g/mol. The molecule has 1 heterocycles. The summed E-state index contributed by atoms with van der Waals surface area (Å²) < 4.78 is 6.21. The summed E-state index contributed by atoms with van der Waals surface area (Å²) in [6.07, 6.45) is 0.913. The number of hydrogen-bond donors (Lipinski definition) is 0. The van der Waals surface area contributed by atoms with Gasteiger partial charge in [-0.3, -0.25) is 0 Å². The molecule has 2 rings (SSSR count). The molecule has 90 valence electrons. The Labute approximate surface area is 117 Å². The largest absolute Gasteiger partial charge is 0.338 e. The van der Waals surface area contributed by atoms with Crippen LogP contribution in [0, 0.1) is 6.92 Å². The minimum atomic E-state index is 0.118. The first kappa shape index (κ1) is 12.8. The molecular weight excluding hydrogens is 348 g/mol. The first-order valence-corrected chi connectivity index (χ1v) is 7.07. The van der Waals surface area contributed by atoms with Gasteiger partial charge in [0.05, 0.1) is 4.83 Å². The molecule has 0 aliphatic heterocycles. The number of aromatic nitrogens is 2. The van der Waals surface area contributed by atoms with Crippen molar-refractivity contribution in [1.29, 1.82) is 0 Å². The molecular formula is C12H12Br2N2O. The Morgan fingerprint density at radius 1 is 1.41 bits per heavy atom. The zero-order chi connectivity index (χ0) is 12.4. The highest BCUT2D eigenvalue weighted by Crippen LogP contribution is 2.30. The van der Waals surface area contributed by atoms with Crippen molar-refractivity contribution in [1.82, 2.24) is 10.1 Å². The van der Waals surface area contributed by atoms with E-state index < -0.39 is 0 Å². The van der Waals surface area contributed by atoms with Gasteiger partial charge in [-0.25, -0.2) is 0 Å². The summed E-state index contributed by atoms with van der Waals surface area (Å²) in [5.41, 5.74) is 2.14. The molecule has 0 amide bonds. The maximum Gasteiger partial charge on any atom is 0.240 e. The number of benzene rings is 1. The van der Waals surface area contributed by atoms with Crippen molar-refractivity contribution in [3.63, 3.8) is 0 Å². The molecule has 0 aliphatic rings. The molecule has 0 bridgehead atoms. The Morgan fingerprint density at radius 2 is 2.18 bits per heavy atom. The smallest absolute Gasteiger partial charge is 0.240 e. The molecule has 0 radical (unpaired) electrons. The second-order valence-corrected chi connectivity index (χ2v) is 5.77. The average molecular weight is 360 g/mol. The molecule has 0 saturated carbocycles. The van der Waals surface area contributed by atoms with Gasteiger partial charge >= 0.3 is 0 Å². The Hall–Kier alpha value is -0.680. The van der Waals surface area contributed by atoms with Gasteiger partial charge in [0, 0.05) is 10.0 Å². The summed E-state index contributed by atoms with van der Waals surface area (Å²) in [5.74, 6) is 1.24. The van der Waals surface area contributed by atoms with Crippen LogP contribution >= 0.6 is 31.9 Å². The second kappa shape index (κ2) is 5.31. The number of alkyl halides is 1. The van der Waals surface area contributed by atoms with Crippen LogP contribution in [0.1, 0.15) is 29.6 Å². The van der Waals surface area contributed by atoms with E-state index in [4.69, 9.17) is 4.52 Å². The quantitative estimate of drug-likeness (QED) is 0.748. The maximum atomic E-state index is 5.23. The Balaban J connectivity index is 2.37. The first-order valence-electron chi connectivity index (χ1n) is 5.36. The van der Waals surface area contributed by atoms with Crippen molar-refractivity contribution >= 4 is 31.9 Å². The predicted octanol–water partition coefficient (Wildman–Crippen LogP) is 4.65. The summed E-state index contributed by atoms with van der Waals surface area (Å²) in [5, 5.41) is 4.00. The third-order valence-corrected chi connectivity index (χ3v) is 4.13. The first-order chi connectivity index (χ1) is 8.11. The van der Waals surface area contributed by atoms with Crippen molar-refractivity contribution < 1.29 is 4.52 Å². The summed E-state index contributed by atoms with van der Waals surface area (Å²) >= 11 is 7.01. The number of nitrogens with zero attached hydrogens (tertiary/aromatic N) is 2. The fourth-order valence-corrected chi connectivity index (χ4v) is 2.30. The standard InChI is InChI=1S/C12H12Br2N2O/c1-3-9(13)12-15-11(16-17-12)8-5-4-7(2)6-10(8)14/h4-6,9H,3H2,1-2H3. The maximum absolute atomic E-state index is 5.23. The lowest BCUT2D eigenvalue weighted by Crippen LogP contribution is -1.88. The highest BCUT2D eigenvalue weighted by molar-refractivity contribution is 9.10. The number of aryl methyl sites for hydroxylation is 1. The fraction of sp³-hybridized carbons (Fsp3) is 0.333. The van der Waals surface area contributed by atoms with E-state index in [-0.39, 0.29) is 4.83 Å². The lowest BCUT2D eigenvalue weighted by Gasteiger charge is -2.00. The van der Waals surface area contributed by atoms with Crippen molar-refractivity contribution in [2.24, 2.45) is 0 Å². The molecule has 0 aliphatic carbocycles. The van der Waals surface area contributed by atoms with Crippen LogP contribution in [0.2, 0.25) is 0 Å². The normalized spacial score (nSPS) is 12.7. The van der Waals surface area contributed by atoms with Gasteiger partial charge < -0.3 is 4.52 Å². The van der Waals surface area contributed by atoms with Crippen molar-refractivity contribution in [3.05, 3.63) is 34.1 Å². The SMILES string of the molecule is CCC(Br)c1nc(-c2ccc(C)cc2Br)no1. The van der Waals surface area contributed by atoms with E-state index in [1.165, 1.54) is 5.56 Å². The van der Waals surface area contributed by atoms with E-state index in [1.807, 2.05) is 25.1 Å². The molecule has 1 unspecified atom stereocenters. The van der Waals surface area contributed by atoms with Gasteiger partial charge in [-0.05, 0) is 31.0 Å². The van der Waals surface area contributed by atoms with Crippen molar-refractivity contribution in [2.45, 2.75) is 25.1 Å². The van der Waals surface area contributed by atoms with Crippen LogP contribution in [-0.4, -0.2) is 10.1 Å².